The van der Waals surface area contributed by atoms with Crippen molar-refractivity contribution in [2.75, 3.05) is 53.5 Å². The standard InChI is InChI=1S/C22H39N5O/c1-6-23-22(24-15-19-9-7-8-10-20(19)17-26(4)5)25-16-21(18(2)3)27-11-13-28-14-12-27/h7-10,18,21H,6,11-17H2,1-5H3,(H2,23,24,25). The van der Waals surface area contributed by atoms with Crippen molar-refractivity contribution in [2.24, 2.45) is 10.9 Å². The lowest BCUT2D eigenvalue weighted by molar-refractivity contribution is 0.00752. The lowest BCUT2D eigenvalue weighted by atomic mass is 10.0. The maximum absolute atomic E-state index is 5.52. The van der Waals surface area contributed by atoms with E-state index in [9.17, 15) is 0 Å². The largest absolute Gasteiger partial charge is 0.379 e. The van der Waals surface area contributed by atoms with Gasteiger partial charge in [-0.2, -0.15) is 0 Å². The molecule has 1 heterocycles. The van der Waals surface area contributed by atoms with Crippen LogP contribution in [0.15, 0.2) is 29.3 Å². The highest BCUT2D eigenvalue weighted by molar-refractivity contribution is 5.79. The van der Waals surface area contributed by atoms with Gasteiger partial charge in [0.25, 0.3) is 0 Å². The molecule has 0 saturated carbocycles. The highest BCUT2D eigenvalue weighted by Gasteiger charge is 2.23. The molecule has 0 radical (unpaired) electrons. The topological polar surface area (TPSA) is 52.1 Å². The van der Waals surface area contributed by atoms with E-state index in [0.717, 1.165) is 51.9 Å². The van der Waals surface area contributed by atoms with Crippen LogP contribution in [0.1, 0.15) is 31.9 Å². The maximum atomic E-state index is 5.52. The van der Waals surface area contributed by atoms with Crippen LogP contribution in [-0.4, -0.2) is 75.3 Å². The second-order valence-corrected chi connectivity index (χ2v) is 8.04. The molecule has 2 N–H and O–H groups in total. The van der Waals surface area contributed by atoms with Crippen LogP contribution in [0.2, 0.25) is 0 Å². The van der Waals surface area contributed by atoms with Crippen molar-refractivity contribution in [1.29, 1.82) is 0 Å². The number of nitrogens with zero attached hydrogens (tertiary/aromatic N) is 3. The van der Waals surface area contributed by atoms with Crippen LogP contribution in [0, 0.1) is 5.92 Å². The smallest absolute Gasteiger partial charge is 0.191 e. The summed E-state index contributed by atoms with van der Waals surface area (Å²) in [5.74, 6) is 1.47. The van der Waals surface area contributed by atoms with Gasteiger partial charge in [-0.1, -0.05) is 38.1 Å². The molecule has 0 bridgehead atoms. The minimum absolute atomic E-state index is 0.480. The first kappa shape index (κ1) is 22.7. The Morgan fingerprint density at radius 1 is 1.14 bits per heavy atom. The second-order valence-electron chi connectivity index (χ2n) is 8.04. The van der Waals surface area contributed by atoms with Crippen LogP contribution in [0.25, 0.3) is 0 Å². The van der Waals surface area contributed by atoms with Crippen molar-refractivity contribution >= 4 is 5.96 Å². The summed E-state index contributed by atoms with van der Waals surface area (Å²) in [7, 11) is 4.20. The summed E-state index contributed by atoms with van der Waals surface area (Å²) in [4.78, 5) is 9.60. The summed E-state index contributed by atoms with van der Waals surface area (Å²) < 4.78 is 5.52. The zero-order valence-electron chi connectivity index (χ0n) is 18.4. The normalized spacial score (nSPS) is 17.2. The summed E-state index contributed by atoms with van der Waals surface area (Å²) in [6.45, 7) is 13.8. The Morgan fingerprint density at radius 2 is 1.82 bits per heavy atom. The Balaban J connectivity index is 2.01. The third-order valence-electron chi connectivity index (χ3n) is 5.12. The van der Waals surface area contributed by atoms with Crippen LogP contribution in [-0.2, 0) is 17.8 Å². The molecule has 1 aromatic carbocycles. The Morgan fingerprint density at radius 3 is 2.43 bits per heavy atom. The van der Waals surface area contributed by atoms with Crippen molar-refractivity contribution in [3.05, 3.63) is 35.4 Å². The third-order valence-corrected chi connectivity index (χ3v) is 5.12. The molecular weight excluding hydrogens is 350 g/mol. The number of guanidine groups is 1. The highest BCUT2D eigenvalue weighted by atomic mass is 16.5. The Bertz CT molecular complexity index is 596. The third kappa shape index (κ3) is 7.41. The van der Waals surface area contributed by atoms with Gasteiger partial charge in [-0.3, -0.25) is 4.90 Å². The molecule has 0 amide bonds. The predicted octanol–water partition coefficient (Wildman–Crippen LogP) is 2.16. The van der Waals surface area contributed by atoms with Crippen molar-refractivity contribution in [2.45, 2.75) is 39.9 Å². The average Bonchev–Trinajstić information content (AvgIpc) is 2.67. The zero-order valence-corrected chi connectivity index (χ0v) is 18.4. The molecule has 0 aliphatic carbocycles. The van der Waals surface area contributed by atoms with E-state index in [-0.39, 0.29) is 0 Å². The van der Waals surface area contributed by atoms with Crippen LogP contribution < -0.4 is 10.6 Å². The molecular formula is C22H39N5O. The minimum atomic E-state index is 0.480. The number of hydrogen-bond acceptors (Lipinski definition) is 4. The summed E-state index contributed by atoms with van der Waals surface area (Å²) >= 11 is 0. The summed E-state index contributed by atoms with van der Waals surface area (Å²) in [6.07, 6.45) is 0. The highest BCUT2D eigenvalue weighted by Crippen LogP contribution is 2.13. The van der Waals surface area contributed by atoms with Crippen molar-refractivity contribution < 1.29 is 4.74 Å². The number of benzene rings is 1. The van der Waals surface area contributed by atoms with Crippen LogP contribution in [0.3, 0.4) is 0 Å². The fourth-order valence-electron chi connectivity index (χ4n) is 3.61. The molecule has 1 fully saturated rings. The number of rotatable bonds is 9. The summed E-state index contributed by atoms with van der Waals surface area (Å²) in [5, 5.41) is 6.97. The SMILES string of the molecule is CCNC(=NCc1ccccc1CN(C)C)NCC(C(C)C)N1CCOCC1. The van der Waals surface area contributed by atoms with E-state index >= 15 is 0 Å². The molecule has 1 unspecified atom stereocenters. The number of ether oxygens (including phenoxy) is 1. The van der Waals surface area contributed by atoms with E-state index in [4.69, 9.17) is 9.73 Å². The molecule has 1 aromatic rings. The molecule has 6 nitrogen and oxygen atoms in total. The van der Waals surface area contributed by atoms with Crippen LogP contribution >= 0.6 is 0 Å². The first-order valence-electron chi connectivity index (χ1n) is 10.6. The van der Waals surface area contributed by atoms with E-state index in [0.29, 0.717) is 18.5 Å². The average molecular weight is 390 g/mol. The van der Waals surface area contributed by atoms with Crippen molar-refractivity contribution in [1.82, 2.24) is 20.4 Å². The molecule has 6 heteroatoms. The Kier molecular flexibility index (Phi) is 9.75. The monoisotopic (exact) mass is 389 g/mol. The molecule has 28 heavy (non-hydrogen) atoms. The van der Waals surface area contributed by atoms with Gasteiger partial charge >= 0.3 is 0 Å². The van der Waals surface area contributed by atoms with Gasteiger partial charge in [-0.15, -0.1) is 0 Å². The van der Waals surface area contributed by atoms with E-state index in [2.05, 4.69) is 79.6 Å². The molecule has 1 aliphatic heterocycles. The lowest BCUT2D eigenvalue weighted by Crippen LogP contribution is -2.52. The molecule has 1 aliphatic rings. The lowest BCUT2D eigenvalue weighted by Gasteiger charge is -2.37. The van der Waals surface area contributed by atoms with Crippen LogP contribution in [0.5, 0.6) is 0 Å². The Labute approximate surface area is 171 Å². The van der Waals surface area contributed by atoms with Crippen molar-refractivity contribution in [3.8, 4) is 0 Å². The van der Waals surface area contributed by atoms with Gasteiger partial charge < -0.3 is 20.3 Å². The van der Waals surface area contributed by atoms with E-state index < -0.39 is 0 Å². The molecule has 158 valence electrons. The number of aliphatic imine (C=N–C) groups is 1. The minimum Gasteiger partial charge on any atom is -0.379 e. The summed E-state index contributed by atoms with van der Waals surface area (Å²) in [6, 6.07) is 9.05. The molecule has 2 rings (SSSR count). The second kappa shape index (κ2) is 12.0. The van der Waals surface area contributed by atoms with Gasteiger partial charge in [0, 0.05) is 38.8 Å². The Hall–Kier alpha value is -1.63. The summed E-state index contributed by atoms with van der Waals surface area (Å²) in [5.41, 5.74) is 2.61. The predicted molar refractivity (Wildman–Crippen MR) is 118 cm³/mol. The first-order chi connectivity index (χ1) is 13.5. The molecule has 0 aromatic heterocycles. The van der Waals surface area contributed by atoms with Gasteiger partial charge in [0.15, 0.2) is 5.96 Å². The fraction of sp³-hybridized carbons (Fsp3) is 0.682. The van der Waals surface area contributed by atoms with Gasteiger partial charge in [0.1, 0.15) is 0 Å². The first-order valence-corrected chi connectivity index (χ1v) is 10.6. The van der Waals surface area contributed by atoms with Gasteiger partial charge in [0.2, 0.25) is 0 Å². The zero-order chi connectivity index (χ0) is 20.4. The molecule has 1 atom stereocenters. The maximum Gasteiger partial charge on any atom is 0.191 e. The molecule has 0 spiro atoms. The van der Waals surface area contributed by atoms with Gasteiger partial charge in [-0.05, 0) is 38.1 Å². The van der Waals surface area contributed by atoms with E-state index in [1.807, 2.05) is 0 Å². The quantitative estimate of drug-likeness (QED) is 0.501. The van der Waals surface area contributed by atoms with Crippen molar-refractivity contribution in [3.63, 3.8) is 0 Å². The number of hydrogen-bond donors (Lipinski definition) is 2. The van der Waals surface area contributed by atoms with Crippen LogP contribution in [0.4, 0.5) is 0 Å². The van der Waals surface area contributed by atoms with Gasteiger partial charge in [-0.25, -0.2) is 4.99 Å². The number of nitrogens with one attached hydrogen (secondary N) is 2. The van der Waals surface area contributed by atoms with E-state index in [1.54, 1.807) is 0 Å². The van der Waals surface area contributed by atoms with Gasteiger partial charge in [0.05, 0.1) is 19.8 Å². The molecule has 1 saturated heterocycles. The van der Waals surface area contributed by atoms with E-state index in [1.165, 1.54) is 11.1 Å². The fourth-order valence-corrected chi connectivity index (χ4v) is 3.61. The number of morpholine rings is 1.